The second kappa shape index (κ2) is 5.79. The first-order valence-electron chi connectivity index (χ1n) is 6.02. The van der Waals surface area contributed by atoms with Crippen LogP contribution in [0.3, 0.4) is 0 Å². The van der Waals surface area contributed by atoms with E-state index < -0.39 is 18.4 Å². The van der Waals surface area contributed by atoms with Crippen molar-refractivity contribution in [3.05, 3.63) is 27.6 Å². The Kier molecular flexibility index (Phi) is 3.98. The van der Waals surface area contributed by atoms with E-state index in [4.69, 9.17) is 38.4 Å². The lowest BCUT2D eigenvalue weighted by Crippen LogP contribution is -2.33. The Labute approximate surface area is 139 Å². The number of hydrogen-bond donors (Lipinski definition) is 1. The maximum Gasteiger partial charge on any atom is 0.323 e. The molecule has 0 aliphatic carbocycles. The van der Waals surface area contributed by atoms with Gasteiger partial charge in [0.2, 0.25) is 6.79 Å². The smallest absolute Gasteiger partial charge is 0.323 e. The van der Waals surface area contributed by atoms with Crippen molar-refractivity contribution in [3.63, 3.8) is 0 Å². The van der Waals surface area contributed by atoms with E-state index in [1.807, 2.05) is 0 Å². The molecule has 1 N–H and O–H groups in total. The Balaban J connectivity index is 1.91. The summed E-state index contributed by atoms with van der Waals surface area (Å²) in [5.74, 6) is -0.498. The summed E-state index contributed by atoms with van der Waals surface area (Å²) >= 11 is 12.2. The first-order chi connectivity index (χ1) is 10.5. The van der Waals surface area contributed by atoms with E-state index in [-0.39, 0.29) is 11.1 Å². The summed E-state index contributed by atoms with van der Waals surface area (Å²) in [5, 5.41) is 9.20. The van der Waals surface area contributed by atoms with Crippen molar-refractivity contribution in [3.8, 4) is 11.5 Å². The minimum absolute atomic E-state index is 0.121. The van der Waals surface area contributed by atoms with E-state index in [1.54, 1.807) is 18.2 Å². The van der Waals surface area contributed by atoms with Crippen LogP contribution >= 0.6 is 35.6 Å². The Hall–Kier alpha value is -1.77. The lowest BCUT2D eigenvalue weighted by Gasteiger charge is -2.10. The average molecular weight is 358 g/mol. The minimum Gasteiger partial charge on any atom is -0.480 e. The van der Waals surface area contributed by atoms with Gasteiger partial charge in [-0.2, -0.15) is 0 Å². The molecule has 22 heavy (non-hydrogen) atoms. The molecule has 1 amide bonds. The maximum atomic E-state index is 12.2. The van der Waals surface area contributed by atoms with Crippen LogP contribution in [0.4, 0.5) is 0 Å². The molecule has 3 rings (SSSR count). The third-order valence-electron chi connectivity index (χ3n) is 2.95. The van der Waals surface area contributed by atoms with Gasteiger partial charge >= 0.3 is 5.97 Å². The van der Waals surface area contributed by atoms with E-state index in [0.717, 1.165) is 16.7 Å². The van der Waals surface area contributed by atoms with Crippen LogP contribution in [0.2, 0.25) is 5.02 Å². The monoisotopic (exact) mass is 357 g/mol. The highest BCUT2D eigenvalue weighted by atomic mass is 35.5. The fourth-order valence-electron chi connectivity index (χ4n) is 1.96. The van der Waals surface area contributed by atoms with Crippen molar-refractivity contribution >= 4 is 57.9 Å². The second-order valence-electron chi connectivity index (χ2n) is 4.39. The number of benzene rings is 1. The lowest BCUT2D eigenvalue weighted by molar-refractivity contribution is -0.140. The maximum absolute atomic E-state index is 12.2. The Morgan fingerprint density at radius 3 is 2.82 bits per heavy atom. The van der Waals surface area contributed by atoms with Crippen molar-refractivity contribution < 1.29 is 24.2 Å². The Morgan fingerprint density at radius 2 is 2.14 bits per heavy atom. The van der Waals surface area contributed by atoms with Gasteiger partial charge in [0.25, 0.3) is 5.91 Å². The van der Waals surface area contributed by atoms with E-state index in [0.29, 0.717) is 27.0 Å². The van der Waals surface area contributed by atoms with Crippen LogP contribution < -0.4 is 9.47 Å². The second-order valence-corrected chi connectivity index (χ2v) is 6.47. The van der Waals surface area contributed by atoms with Crippen molar-refractivity contribution in [2.24, 2.45) is 0 Å². The van der Waals surface area contributed by atoms with Gasteiger partial charge < -0.3 is 14.6 Å². The number of aliphatic carboxylic acids is 1. The van der Waals surface area contributed by atoms with Crippen molar-refractivity contribution in [2.75, 3.05) is 13.3 Å². The van der Waals surface area contributed by atoms with Crippen molar-refractivity contribution in [2.45, 2.75) is 0 Å². The lowest BCUT2D eigenvalue weighted by atomic mass is 10.2. The molecule has 1 saturated heterocycles. The van der Waals surface area contributed by atoms with Crippen molar-refractivity contribution in [1.82, 2.24) is 4.90 Å². The van der Waals surface area contributed by atoms with Gasteiger partial charge in [-0.15, -0.1) is 0 Å². The normalized spacial score (nSPS) is 18.4. The van der Waals surface area contributed by atoms with Crippen LogP contribution in [0.25, 0.3) is 6.08 Å². The summed E-state index contributed by atoms with van der Waals surface area (Å²) in [7, 11) is 0. The van der Waals surface area contributed by atoms with Crippen LogP contribution in [-0.2, 0) is 9.59 Å². The average Bonchev–Trinajstić information content (AvgIpc) is 2.99. The molecule has 2 heterocycles. The molecule has 114 valence electrons. The molecule has 1 aromatic carbocycles. The van der Waals surface area contributed by atoms with Crippen LogP contribution in [0.5, 0.6) is 11.5 Å². The summed E-state index contributed by atoms with van der Waals surface area (Å²) < 4.78 is 10.7. The van der Waals surface area contributed by atoms with Gasteiger partial charge in [-0.05, 0) is 17.7 Å². The molecule has 0 aromatic heterocycles. The predicted molar refractivity (Wildman–Crippen MR) is 85.1 cm³/mol. The van der Waals surface area contributed by atoms with Crippen molar-refractivity contribution in [1.29, 1.82) is 0 Å². The number of carbonyl (C=O) groups is 2. The number of nitrogens with zero attached hydrogens (tertiary/aromatic N) is 1. The highest BCUT2D eigenvalue weighted by Gasteiger charge is 2.33. The number of carboxylic acid groups (broad SMARTS) is 1. The fraction of sp³-hybridized carbons (Fsp3) is 0.154. The molecule has 2 aliphatic rings. The van der Waals surface area contributed by atoms with Crippen LogP contribution in [0.15, 0.2) is 17.0 Å². The molecule has 0 bridgehead atoms. The van der Waals surface area contributed by atoms with Gasteiger partial charge in [0, 0.05) is 6.07 Å². The number of amides is 1. The van der Waals surface area contributed by atoms with Gasteiger partial charge in [0.15, 0.2) is 11.5 Å². The van der Waals surface area contributed by atoms with E-state index >= 15 is 0 Å². The fourth-order valence-corrected chi connectivity index (χ4v) is 3.41. The third-order valence-corrected chi connectivity index (χ3v) is 4.65. The van der Waals surface area contributed by atoms with Crippen LogP contribution in [0, 0.1) is 0 Å². The molecular formula is C13H8ClNO5S2. The standard InChI is InChI=1S/C13H8ClNO5S2/c14-7-3-9-8(19-5-20-9)1-6(7)2-10-12(18)15(4-11(16)17)13(21)22-10/h1-3H,4-5H2,(H,16,17)/b10-2-. The number of fused-ring (bicyclic) bond motifs is 1. The van der Waals surface area contributed by atoms with Gasteiger partial charge in [-0.25, -0.2) is 0 Å². The molecule has 6 nitrogen and oxygen atoms in total. The Morgan fingerprint density at radius 1 is 1.45 bits per heavy atom. The molecular weight excluding hydrogens is 350 g/mol. The number of carboxylic acids is 1. The molecule has 9 heteroatoms. The zero-order chi connectivity index (χ0) is 15.9. The molecule has 2 aliphatic heterocycles. The Bertz CT molecular complexity index is 733. The molecule has 0 unspecified atom stereocenters. The molecule has 0 radical (unpaired) electrons. The first-order valence-corrected chi connectivity index (χ1v) is 7.62. The van der Waals surface area contributed by atoms with E-state index in [1.165, 1.54) is 0 Å². The summed E-state index contributed by atoms with van der Waals surface area (Å²) in [6.45, 7) is -0.341. The molecule has 0 atom stereocenters. The number of halogens is 1. The summed E-state index contributed by atoms with van der Waals surface area (Å²) in [6.07, 6.45) is 1.56. The molecule has 0 saturated carbocycles. The molecule has 1 aromatic rings. The highest BCUT2D eigenvalue weighted by molar-refractivity contribution is 8.26. The number of rotatable bonds is 3. The number of thioether (sulfide) groups is 1. The minimum atomic E-state index is -1.13. The zero-order valence-corrected chi connectivity index (χ0v) is 13.3. The van der Waals surface area contributed by atoms with Gasteiger partial charge in [-0.3, -0.25) is 14.5 Å². The highest BCUT2D eigenvalue weighted by Crippen LogP contribution is 2.39. The van der Waals surface area contributed by atoms with E-state index in [2.05, 4.69) is 0 Å². The molecule has 0 spiro atoms. The number of thiocarbonyl (C=S) groups is 1. The van der Waals surface area contributed by atoms with Gasteiger partial charge in [0.05, 0.1) is 9.93 Å². The number of carbonyl (C=O) groups excluding carboxylic acids is 1. The van der Waals surface area contributed by atoms with E-state index in [9.17, 15) is 9.59 Å². The molecule has 1 fully saturated rings. The third kappa shape index (κ3) is 2.77. The first kappa shape index (κ1) is 15.1. The number of hydrogen-bond acceptors (Lipinski definition) is 6. The SMILES string of the molecule is O=C(O)CN1C(=O)/C(=C/c2cc3c(cc2Cl)OCO3)SC1=S. The van der Waals surface area contributed by atoms with Crippen LogP contribution in [0.1, 0.15) is 5.56 Å². The summed E-state index contributed by atoms with van der Waals surface area (Å²) in [5.41, 5.74) is 0.571. The zero-order valence-electron chi connectivity index (χ0n) is 10.9. The van der Waals surface area contributed by atoms with Crippen LogP contribution in [-0.4, -0.2) is 39.5 Å². The quantitative estimate of drug-likeness (QED) is 0.657. The van der Waals surface area contributed by atoms with Gasteiger partial charge in [0.1, 0.15) is 10.9 Å². The largest absolute Gasteiger partial charge is 0.480 e. The summed E-state index contributed by atoms with van der Waals surface area (Å²) in [6, 6.07) is 3.27. The number of ether oxygens (including phenoxy) is 2. The van der Waals surface area contributed by atoms with Gasteiger partial charge in [-0.1, -0.05) is 35.6 Å². The summed E-state index contributed by atoms with van der Waals surface area (Å²) in [4.78, 5) is 24.3. The predicted octanol–water partition coefficient (Wildman–Crippen LogP) is 2.35. The topological polar surface area (TPSA) is 76.1 Å².